The predicted molar refractivity (Wildman–Crippen MR) is 87.8 cm³/mol. The number of thiophene rings is 1. The Labute approximate surface area is 128 Å². The molecule has 0 fully saturated rings. The maximum absolute atomic E-state index is 6.19. The Morgan fingerprint density at radius 2 is 2.14 bits per heavy atom. The van der Waals surface area contributed by atoms with E-state index in [1.165, 1.54) is 9.75 Å². The van der Waals surface area contributed by atoms with Crippen molar-refractivity contribution in [3.8, 4) is 0 Å². The second-order valence-corrected chi connectivity index (χ2v) is 6.78. The maximum Gasteiger partial charge on any atom is 0.203 e. The van der Waals surface area contributed by atoms with Gasteiger partial charge in [-0.1, -0.05) is 13.3 Å². The fraction of sp³-hybridized carbons (Fsp3) is 0.467. The monoisotopic (exact) mass is 303 g/mol. The summed E-state index contributed by atoms with van der Waals surface area (Å²) in [5, 5.41) is 4.60. The molecule has 6 heteroatoms. The molecule has 3 rings (SSSR count). The minimum Gasteiger partial charge on any atom is -0.369 e. The van der Waals surface area contributed by atoms with Gasteiger partial charge in [0.25, 0.3) is 0 Å². The number of anilines is 1. The fourth-order valence-electron chi connectivity index (χ4n) is 2.81. The molecule has 3 heterocycles. The van der Waals surface area contributed by atoms with E-state index in [1.54, 1.807) is 11.3 Å². The summed E-state index contributed by atoms with van der Waals surface area (Å²) in [7, 11) is 1.96. The van der Waals surface area contributed by atoms with E-state index in [0.29, 0.717) is 5.95 Å². The Hall–Kier alpha value is -1.82. The third kappa shape index (κ3) is 2.23. The van der Waals surface area contributed by atoms with Crippen molar-refractivity contribution in [2.75, 3.05) is 5.73 Å². The van der Waals surface area contributed by atoms with Gasteiger partial charge in [0.1, 0.15) is 5.52 Å². The van der Waals surface area contributed by atoms with Crippen LogP contribution in [0.5, 0.6) is 0 Å². The highest BCUT2D eigenvalue weighted by Gasteiger charge is 2.22. The normalized spacial score (nSPS) is 13.1. The number of fused-ring (bicyclic) bond motifs is 1. The maximum atomic E-state index is 6.19. The van der Waals surface area contributed by atoms with Crippen molar-refractivity contribution in [2.24, 2.45) is 7.05 Å². The molecule has 0 spiro atoms. The van der Waals surface area contributed by atoms with Gasteiger partial charge in [0.15, 0.2) is 5.65 Å². The Morgan fingerprint density at radius 3 is 2.76 bits per heavy atom. The minimum absolute atomic E-state index is 0.165. The first-order chi connectivity index (χ1) is 10.0. The first-order valence-corrected chi connectivity index (χ1v) is 8.10. The standard InChI is InChI=1S/C15H21N5S/c1-5-6-11-13-14(19(4)18-11)20(15(16)17-13)10(3)12-8-7-9(2)21-12/h7-8,10H,5-6H2,1-4H3,(H2,16,17). The van der Waals surface area contributed by atoms with Gasteiger partial charge in [0.2, 0.25) is 5.95 Å². The molecule has 0 amide bonds. The highest BCUT2D eigenvalue weighted by molar-refractivity contribution is 7.12. The van der Waals surface area contributed by atoms with Crippen LogP contribution in [0.15, 0.2) is 12.1 Å². The van der Waals surface area contributed by atoms with Crippen LogP contribution in [0.25, 0.3) is 11.2 Å². The van der Waals surface area contributed by atoms with Crippen LogP contribution in [0.2, 0.25) is 0 Å². The zero-order valence-electron chi connectivity index (χ0n) is 12.9. The second-order valence-electron chi connectivity index (χ2n) is 5.46. The van der Waals surface area contributed by atoms with E-state index in [0.717, 1.165) is 29.7 Å². The average molecular weight is 303 g/mol. The number of aromatic nitrogens is 4. The van der Waals surface area contributed by atoms with Gasteiger partial charge in [-0.3, -0.25) is 9.25 Å². The Kier molecular flexibility index (Phi) is 3.49. The number of hydrogen-bond donors (Lipinski definition) is 1. The van der Waals surface area contributed by atoms with Gasteiger partial charge >= 0.3 is 0 Å². The number of nitrogens with zero attached hydrogens (tertiary/aromatic N) is 4. The summed E-state index contributed by atoms with van der Waals surface area (Å²) >= 11 is 1.80. The number of hydrogen-bond acceptors (Lipinski definition) is 4. The lowest BCUT2D eigenvalue weighted by Gasteiger charge is -2.14. The van der Waals surface area contributed by atoms with Crippen LogP contribution in [0.1, 0.15) is 41.8 Å². The SMILES string of the molecule is CCCc1nn(C)c2c1nc(N)n2C(C)c1ccc(C)s1. The molecule has 112 valence electrons. The van der Waals surface area contributed by atoms with Gasteiger partial charge in [-0.2, -0.15) is 5.10 Å². The van der Waals surface area contributed by atoms with Gasteiger partial charge < -0.3 is 5.73 Å². The van der Waals surface area contributed by atoms with Crippen LogP contribution in [-0.2, 0) is 13.5 Å². The van der Waals surface area contributed by atoms with Gasteiger partial charge in [-0.25, -0.2) is 4.98 Å². The van der Waals surface area contributed by atoms with Crippen LogP contribution in [0.3, 0.4) is 0 Å². The summed E-state index contributed by atoms with van der Waals surface area (Å²) < 4.78 is 3.99. The molecule has 2 N–H and O–H groups in total. The van der Waals surface area contributed by atoms with Gasteiger partial charge in [0.05, 0.1) is 11.7 Å². The van der Waals surface area contributed by atoms with Crippen molar-refractivity contribution in [2.45, 2.75) is 39.7 Å². The molecule has 5 nitrogen and oxygen atoms in total. The van der Waals surface area contributed by atoms with Crippen molar-refractivity contribution in [3.63, 3.8) is 0 Å². The quantitative estimate of drug-likeness (QED) is 0.804. The molecule has 0 aliphatic carbocycles. The minimum atomic E-state index is 0.165. The molecule has 1 atom stereocenters. The van der Waals surface area contributed by atoms with E-state index in [-0.39, 0.29) is 6.04 Å². The molecule has 21 heavy (non-hydrogen) atoms. The van der Waals surface area contributed by atoms with Crippen LogP contribution in [0, 0.1) is 6.92 Å². The van der Waals surface area contributed by atoms with E-state index < -0.39 is 0 Å². The Bertz CT molecular complexity index is 780. The smallest absolute Gasteiger partial charge is 0.203 e. The summed E-state index contributed by atoms with van der Waals surface area (Å²) in [5.41, 5.74) is 9.18. The zero-order valence-corrected chi connectivity index (χ0v) is 13.7. The van der Waals surface area contributed by atoms with Crippen molar-refractivity contribution in [1.82, 2.24) is 19.3 Å². The number of aryl methyl sites for hydroxylation is 3. The molecule has 0 aliphatic heterocycles. The highest BCUT2D eigenvalue weighted by atomic mass is 32.1. The number of nitrogen functional groups attached to an aromatic ring is 1. The lowest BCUT2D eigenvalue weighted by Crippen LogP contribution is -2.11. The molecule has 3 aromatic rings. The number of imidazole rings is 1. The van der Waals surface area contributed by atoms with Gasteiger partial charge in [-0.15, -0.1) is 11.3 Å². The van der Waals surface area contributed by atoms with E-state index in [1.807, 2.05) is 11.7 Å². The van der Waals surface area contributed by atoms with E-state index in [9.17, 15) is 0 Å². The largest absolute Gasteiger partial charge is 0.369 e. The Balaban J connectivity index is 2.16. The zero-order chi connectivity index (χ0) is 15.1. The molecule has 1 unspecified atom stereocenters. The van der Waals surface area contributed by atoms with E-state index in [4.69, 9.17) is 5.73 Å². The molecule has 0 saturated heterocycles. The van der Waals surface area contributed by atoms with Crippen LogP contribution < -0.4 is 5.73 Å². The molecule has 0 saturated carbocycles. The van der Waals surface area contributed by atoms with E-state index >= 15 is 0 Å². The third-order valence-corrected chi connectivity index (χ3v) is 4.98. The summed E-state index contributed by atoms with van der Waals surface area (Å²) in [6, 6.07) is 4.48. The van der Waals surface area contributed by atoms with E-state index in [2.05, 4.69) is 47.6 Å². The first kappa shape index (κ1) is 14.1. The summed E-state index contributed by atoms with van der Waals surface area (Å²) in [6.07, 6.45) is 1.98. The van der Waals surface area contributed by atoms with Crippen molar-refractivity contribution in [3.05, 3.63) is 27.6 Å². The summed E-state index contributed by atoms with van der Waals surface area (Å²) in [4.78, 5) is 7.17. The summed E-state index contributed by atoms with van der Waals surface area (Å²) in [6.45, 7) is 6.43. The molecule has 3 aromatic heterocycles. The highest BCUT2D eigenvalue weighted by Crippen LogP contribution is 2.32. The fourth-order valence-corrected chi connectivity index (χ4v) is 3.73. The molecular formula is C15H21N5S. The van der Waals surface area contributed by atoms with Gasteiger partial charge in [0, 0.05) is 16.8 Å². The molecular weight excluding hydrogens is 282 g/mol. The molecule has 0 bridgehead atoms. The first-order valence-electron chi connectivity index (χ1n) is 7.28. The summed E-state index contributed by atoms with van der Waals surface area (Å²) in [5.74, 6) is 0.564. The molecule has 0 radical (unpaired) electrons. The predicted octanol–water partition coefficient (Wildman–Crippen LogP) is 3.28. The van der Waals surface area contributed by atoms with Gasteiger partial charge in [-0.05, 0) is 32.4 Å². The lowest BCUT2D eigenvalue weighted by molar-refractivity contribution is 0.642. The van der Waals surface area contributed by atoms with Crippen LogP contribution in [0.4, 0.5) is 5.95 Å². The number of nitrogens with two attached hydrogens (primary N) is 1. The van der Waals surface area contributed by atoms with Crippen LogP contribution in [-0.4, -0.2) is 19.3 Å². The lowest BCUT2D eigenvalue weighted by atomic mass is 10.2. The molecule has 0 aromatic carbocycles. The van der Waals surface area contributed by atoms with Crippen molar-refractivity contribution in [1.29, 1.82) is 0 Å². The second kappa shape index (κ2) is 5.18. The average Bonchev–Trinajstić information content (AvgIpc) is 3.07. The number of rotatable bonds is 4. The van der Waals surface area contributed by atoms with Crippen molar-refractivity contribution >= 4 is 28.4 Å². The van der Waals surface area contributed by atoms with Crippen molar-refractivity contribution < 1.29 is 0 Å². The molecule has 0 aliphatic rings. The van der Waals surface area contributed by atoms with Crippen LogP contribution >= 0.6 is 11.3 Å². The topological polar surface area (TPSA) is 61.7 Å². The Morgan fingerprint density at radius 1 is 1.38 bits per heavy atom. The third-order valence-electron chi connectivity index (χ3n) is 3.81.